The summed E-state index contributed by atoms with van der Waals surface area (Å²) in [6.45, 7) is 9.51. The Bertz CT molecular complexity index is 516. The highest BCUT2D eigenvalue weighted by Crippen LogP contribution is 2.24. The van der Waals surface area contributed by atoms with Crippen LogP contribution in [0.15, 0.2) is 30.3 Å². The summed E-state index contributed by atoms with van der Waals surface area (Å²) < 4.78 is 10.9. The summed E-state index contributed by atoms with van der Waals surface area (Å²) in [5, 5.41) is 0. The average Bonchev–Trinajstić information content (AvgIpc) is 2.52. The molecule has 1 aromatic rings. The Hall–Kier alpha value is -1.84. The maximum Gasteiger partial charge on any atom is 0.310 e. The van der Waals surface area contributed by atoms with Crippen LogP contribution in [-0.2, 0) is 25.7 Å². The lowest BCUT2D eigenvalue weighted by Crippen LogP contribution is -2.34. The van der Waals surface area contributed by atoms with Gasteiger partial charge in [-0.15, -0.1) is 0 Å². The normalized spacial score (nSPS) is 13.9. The minimum atomic E-state index is -0.561. The monoisotopic (exact) mass is 334 g/mol. The Balaban J connectivity index is 2.71. The molecule has 2 atom stereocenters. The second-order valence-corrected chi connectivity index (χ2v) is 7.16. The van der Waals surface area contributed by atoms with Crippen molar-refractivity contribution in [3.63, 3.8) is 0 Å². The summed E-state index contributed by atoms with van der Waals surface area (Å²) in [5.41, 5.74) is 0.374. The van der Waals surface area contributed by atoms with E-state index in [1.54, 1.807) is 6.92 Å². The van der Waals surface area contributed by atoms with E-state index in [4.69, 9.17) is 9.47 Å². The number of esters is 2. The molecule has 0 aliphatic carbocycles. The van der Waals surface area contributed by atoms with E-state index < -0.39 is 17.4 Å². The third kappa shape index (κ3) is 7.16. The summed E-state index contributed by atoms with van der Waals surface area (Å²) in [7, 11) is 0. The molecule has 2 unspecified atom stereocenters. The third-order valence-electron chi connectivity index (χ3n) is 3.78. The van der Waals surface area contributed by atoms with Crippen LogP contribution in [0.5, 0.6) is 0 Å². The Labute approximate surface area is 145 Å². The van der Waals surface area contributed by atoms with E-state index in [1.165, 1.54) is 0 Å². The molecular formula is C20H30O4. The zero-order chi connectivity index (χ0) is 18.2. The summed E-state index contributed by atoms with van der Waals surface area (Å²) in [6.07, 6.45) is 2.46. The number of hydrogen-bond acceptors (Lipinski definition) is 4. The lowest BCUT2D eigenvalue weighted by atomic mass is 9.89. The van der Waals surface area contributed by atoms with Crippen molar-refractivity contribution in [3.8, 4) is 0 Å². The van der Waals surface area contributed by atoms with Gasteiger partial charge in [-0.1, -0.05) is 57.0 Å². The molecule has 0 spiro atoms. The van der Waals surface area contributed by atoms with Gasteiger partial charge in [0.05, 0.1) is 11.8 Å². The van der Waals surface area contributed by atoms with Crippen LogP contribution in [0, 0.1) is 11.8 Å². The Kier molecular flexibility index (Phi) is 7.96. The molecular weight excluding hydrogens is 304 g/mol. The zero-order valence-corrected chi connectivity index (χ0v) is 15.5. The van der Waals surface area contributed by atoms with E-state index in [1.807, 2.05) is 51.1 Å². The van der Waals surface area contributed by atoms with Crippen molar-refractivity contribution in [2.75, 3.05) is 0 Å². The average molecular weight is 334 g/mol. The second-order valence-electron chi connectivity index (χ2n) is 7.16. The predicted molar refractivity (Wildman–Crippen MR) is 94.3 cm³/mol. The number of rotatable bonds is 8. The smallest absolute Gasteiger partial charge is 0.310 e. The zero-order valence-electron chi connectivity index (χ0n) is 15.5. The largest absolute Gasteiger partial charge is 0.461 e. The van der Waals surface area contributed by atoms with Gasteiger partial charge >= 0.3 is 11.9 Å². The molecule has 0 bridgehead atoms. The predicted octanol–water partition coefficient (Wildman–Crippen LogP) is 4.51. The number of hydrogen-bond donors (Lipinski definition) is 0. The molecule has 1 aromatic carbocycles. The van der Waals surface area contributed by atoms with E-state index in [-0.39, 0.29) is 18.5 Å². The fourth-order valence-corrected chi connectivity index (χ4v) is 2.39. The molecule has 1 rings (SSSR count). The minimum absolute atomic E-state index is 0.226. The minimum Gasteiger partial charge on any atom is -0.461 e. The molecule has 0 fully saturated rings. The number of ether oxygens (including phenoxy) is 2. The van der Waals surface area contributed by atoms with Crippen LogP contribution in [0.2, 0.25) is 0 Å². The second kappa shape index (κ2) is 9.45. The molecule has 0 saturated heterocycles. The molecule has 0 aliphatic heterocycles. The number of carbonyl (C=O) groups is 2. The van der Waals surface area contributed by atoms with Crippen LogP contribution in [0.1, 0.15) is 59.4 Å². The van der Waals surface area contributed by atoms with Gasteiger partial charge in [-0.25, -0.2) is 0 Å². The lowest BCUT2D eigenvalue weighted by molar-refractivity contribution is -0.168. The Morgan fingerprint density at radius 3 is 2.25 bits per heavy atom. The summed E-state index contributed by atoms with van der Waals surface area (Å²) in [5.74, 6) is -1.66. The van der Waals surface area contributed by atoms with Crippen molar-refractivity contribution in [3.05, 3.63) is 35.9 Å². The highest BCUT2D eigenvalue weighted by Gasteiger charge is 2.33. The van der Waals surface area contributed by atoms with Crippen molar-refractivity contribution >= 4 is 11.9 Å². The first-order valence-corrected chi connectivity index (χ1v) is 8.68. The molecule has 0 N–H and O–H groups in total. The molecule has 24 heavy (non-hydrogen) atoms. The third-order valence-corrected chi connectivity index (χ3v) is 3.78. The van der Waals surface area contributed by atoms with E-state index in [0.717, 1.165) is 18.4 Å². The van der Waals surface area contributed by atoms with Crippen molar-refractivity contribution in [1.29, 1.82) is 0 Å². The molecule has 134 valence electrons. The van der Waals surface area contributed by atoms with Gasteiger partial charge < -0.3 is 9.47 Å². The SMILES string of the molecule is CCCCC(C(=O)OCc1ccccc1)C(C)C(=O)OC(C)(C)C. The fraction of sp³-hybridized carbons (Fsp3) is 0.600. The molecule has 0 radical (unpaired) electrons. The van der Waals surface area contributed by atoms with Gasteiger partial charge in [0.15, 0.2) is 0 Å². The maximum absolute atomic E-state index is 12.5. The van der Waals surface area contributed by atoms with Gasteiger partial charge in [-0.3, -0.25) is 9.59 Å². The molecule has 4 heteroatoms. The topological polar surface area (TPSA) is 52.6 Å². The highest BCUT2D eigenvalue weighted by molar-refractivity contribution is 5.82. The molecule has 4 nitrogen and oxygen atoms in total. The van der Waals surface area contributed by atoms with Gasteiger partial charge in [0.1, 0.15) is 12.2 Å². The molecule has 0 aliphatic rings. The van der Waals surface area contributed by atoms with Crippen molar-refractivity contribution in [2.24, 2.45) is 11.8 Å². The van der Waals surface area contributed by atoms with Crippen molar-refractivity contribution in [1.82, 2.24) is 0 Å². The van der Waals surface area contributed by atoms with Gasteiger partial charge in [-0.05, 0) is 32.8 Å². The molecule has 0 amide bonds. The van der Waals surface area contributed by atoms with Gasteiger partial charge in [0, 0.05) is 0 Å². The number of benzene rings is 1. The quantitative estimate of drug-likeness (QED) is 0.656. The first-order chi connectivity index (χ1) is 11.2. The van der Waals surface area contributed by atoms with Crippen LogP contribution in [-0.4, -0.2) is 17.5 Å². The van der Waals surface area contributed by atoms with Crippen molar-refractivity contribution < 1.29 is 19.1 Å². The van der Waals surface area contributed by atoms with Gasteiger partial charge in [0.2, 0.25) is 0 Å². The first kappa shape index (κ1) is 20.2. The molecule has 0 aromatic heterocycles. The fourth-order valence-electron chi connectivity index (χ4n) is 2.39. The highest BCUT2D eigenvalue weighted by atomic mass is 16.6. The van der Waals surface area contributed by atoms with Crippen LogP contribution in [0.3, 0.4) is 0 Å². The Morgan fingerprint density at radius 1 is 1.08 bits per heavy atom. The lowest BCUT2D eigenvalue weighted by Gasteiger charge is -2.26. The maximum atomic E-state index is 12.5. The summed E-state index contributed by atoms with van der Waals surface area (Å²) >= 11 is 0. The number of unbranched alkanes of at least 4 members (excludes halogenated alkanes) is 1. The molecule has 0 heterocycles. The standard InChI is InChI=1S/C20H30O4/c1-6-7-13-17(15(2)18(21)24-20(3,4)5)19(22)23-14-16-11-9-8-10-12-16/h8-12,15,17H,6-7,13-14H2,1-5H3. The van der Waals surface area contributed by atoms with Crippen LogP contribution in [0.25, 0.3) is 0 Å². The van der Waals surface area contributed by atoms with Crippen LogP contribution >= 0.6 is 0 Å². The molecule has 0 saturated carbocycles. The van der Waals surface area contributed by atoms with Gasteiger partial charge in [0.25, 0.3) is 0 Å². The van der Waals surface area contributed by atoms with Crippen LogP contribution in [0.4, 0.5) is 0 Å². The van der Waals surface area contributed by atoms with E-state index in [0.29, 0.717) is 6.42 Å². The number of carbonyl (C=O) groups excluding carboxylic acids is 2. The first-order valence-electron chi connectivity index (χ1n) is 8.68. The van der Waals surface area contributed by atoms with E-state index >= 15 is 0 Å². The summed E-state index contributed by atoms with van der Waals surface area (Å²) in [6, 6.07) is 9.54. The summed E-state index contributed by atoms with van der Waals surface area (Å²) in [4.78, 5) is 24.8. The van der Waals surface area contributed by atoms with E-state index in [9.17, 15) is 9.59 Å². The van der Waals surface area contributed by atoms with E-state index in [2.05, 4.69) is 6.92 Å². The van der Waals surface area contributed by atoms with Crippen molar-refractivity contribution in [2.45, 2.75) is 66.1 Å². The van der Waals surface area contributed by atoms with Crippen LogP contribution < -0.4 is 0 Å². The van der Waals surface area contributed by atoms with Gasteiger partial charge in [-0.2, -0.15) is 0 Å². The Morgan fingerprint density at radius 2 is 1.71 bits per heavy atom.